The summed E-state index contributed by atoms with van der Waals surface area (Å²) in [5.41, 5.74) is 0.765. The van der Waals surface area contributed by atoms with Gasteiger partial charge in [0.1, 0.15) is 0 Å². The molecule has 8 heteroatoms. The van der Waals surface area contributed by atoms with Gasteiger partial charge in [-0.15, -0.1) is 12.4 Å². The number of likely N-dealkylation sites (N-methyl/N-ethyl adjacent to an activating group) is 1. The SMILES string of the molecule is CNC(C)CNC(=O)CCN1C(=O)c2ccc(Br)cc2C1=O.Cl. The maximum absolute atomic E-state index is 12.2. The smallest absolute Gasteiger partial charge is 0.261 e. The van der Waals surface area contributed by atoms with Crippen molar-refractivity contribution in [2.24, 2.45) is 0 Å². The lowest BCUT2D eigenvalue weighted by Crippen LogP contribution is -2.39. The maximum atomic E-state index is 12.2. The highest BCUT2D eigenvalue weighted by Crippen LogP contribution is 2.25. The molecule has 3 amide bonds. The van der Waals surface area contributed by atoms with E-state index in [1.807, 2.05) is 14.0 Å². The number of hydrogen-bond donors (Lipinski definition) is 2. The number of carbonyl (C=O) groups excluding carboxylic acids is 3. The van der Waals surface area contributed by atoms with Crippen LogP contribution in [0.3, 0.4) is 0 Å². The summed E-state index contributed by atoms with van der Waals surface area (Å²) in [7, 11) is 1.81. The van der Waals surface area contributed by atoms with Gasteiger partial charge in [-0.05, 0) is 32.2 Å². The van der Waals surface area contributed by atoms with E-state index in [1.165, 1.54) is 0 Å². The fraction of sp³-hybridized carbons (Fsp3) is 0.400. The molecule has 23 heavy (non-hydrogen) atoms. The molecule has 2 rings (SSSR count). The monoisotopic (exact) mass is 403 g/mol. The van der Waals surface area contributed by atoms with E-state index in [-0.39, 0.29) is 49.1 Å². The van der Waals surface area contributed by atoms with Crippen molar-refractivity contribution < 1.29 is 14.4 Å². The molecule has 126 valence electrons. The minimum Gasteiger partial charge on any atom is -0.354 e. The Bertz CT molecular complexity index is 624. The first-order valence-corrected chi connectivity index (χ1v) is 7.83. The zero-order valence-electron chi connectivity index (χ0n) is 12.9. The molecule has 1 unspecified atom stereocenters. The first-order valence-electron chi connectivity index (χ1n) is 7.03. The van der Waals surface area contributed by atoms with Crippen LogP contribution in [0.2, 0.25) is 0 Å². The second-order valence-electron chi connectivity index (χ2n) is 5.20. The van der Waals surface area contributed by atoms with Gasteiger partial charge in [0.15, 0.2) is 0 Å². The largest absolute Gasteiger partial charge is 0.354 e. The zero-order valence-corrected chi connectivity index (χ0v) is 15.3. The van der Waals surface area contributed by atoms with Gasteiger partial charge in [0, 0.05) is 30.0 Å². The first kappa shape index (κ1) is 19.6. The molecule has 1 aromatic rings. The lowest BCUT2D eigenvalue weighted by Gasteiger charge is -2.15. The summed E-state index contributed by atoms with van der Waals surface area (Å²) in [6, 6.07) is 5.14. The van der Waals surface area contributed by atoms with Gasteiger partial charge in [-0.1, -0.05) is 15.9 Å². The number of nitrogens with one attached hydrogen (secondary N) is 2. The molecular weight excluding hydrogens is 386 g/mol. The molecule has 1 aliphatic rings. The van der Waals surface area contributed by atoms with E-state index in [0.717, 1.165) is 9.37 Å². The molecule has 0 spiro atoms. The molecule has 0 bridgehead atoms. The Morgan fingerprint density at radius 1 is 1.26 bits per heavy atom. The van der Waals surface area contributed by atoms with Gasteiger partial charge in [-0.2, -0.15) is 0 Å². The summed E-state index contributed by atoms with van der Waals surface area (Å²) in [5.74, 6) is -0.874. The number of hydrogen-bond acceptors (Lipinski definition) is 4. The highest BCUT2D eigenvalue weighted by atomic mass is 79.9. The van der Waals surface area contributed by atoms with Gasteiger partial charge in [-0.25, -0.2) is 0 Å². The van der Waals surface area contributed by atoms with Gasteiger partial charge in [0.2, 0.25) is 5.91 Å². The highest BCUT2D eigenvalue weighted by Gasteiger charge is 2.35. The minimum atomic E-state index is -0.349. The minimum absolute atomic E-state index is 0. The van der Waals surface area contributed by atoms with Crippen LogP contribution in [0.25, 0.3) is 0 Å². The molecule has 0 aromatic heterocycles. The molecule has 1 aliphatic heterocycles. The number of nitrogens with zero attached hydrogens (tertiary/aromatic N) is 1. The second kappa shape index (κ2) is 8.42. The molecule has 6 nitrogen and oxygen atoms in total. The van der Waals surface area contributed by atoms with Crippen molar-refractivity contribution in [1.82, 2.24) is 15.5 Å². The highest BCUT2D eigenvalue weighted by molar-refractivity contribution is 9.10. The third-order valence-electron chi connectivity index (χ3n) is 3.59. The van der Waals surface area contributed by atoms with E-state index in [0.29, 0.717) is 17.7 Å². The number of amides is 3. The van der Waals surface area contributed by atoms with Crippen LogP contribution in [0.5, 0.6) is 0 Å². The Morgan fingerprint density at radius 3 is 2.57 bits per heavy atom. The Balaban J connectivity index is 0.00000264. The number of benzene rings is 1. The summed E-state index contributed by atoms with van der Waals surface area (Å²) < 4.78 is 0.744. The Kier molecular flexibility index (Phi) is 7.18. The van der Waals surface area contributed by atoms with Crippen LogP contribution in [0, 0.1) is 0 Å². The lowest BCUT2D eigenvalue weighted by molar-refractivity contribution is -0.121. The third kappa shape index (κ3) is 4.53. The zero-order chi connectivity index (χ0) is 16.3. The van der Waals surface area contributed by atoms with E-state index in [9.17, 15) is 14.4 Å². The molecule has 0 aliphatic carbocycles. The standard InChI is InChI=1S/C15H18BrN3O3.ClH/c1-9(17-2)8-18-13(20)5-6-19-14(21)11-4-3-10(16)7-12(11)15(19)22;/h3-4,7,9,17H,5-6,8H2,1-2H3,(H,18,20);1H. The Morgan fingerprint density at radius 2 is 1.91 bits per heavy atom. The van der Waals surface area contributed by atoms with Crippen LogP contribution in [-0.2, 0) is 4.79 Å². The van der Waals surface area contributed by atoms with Crippen molar-refractivity contribution in [2.45, 2.75) is 19.4 Å². The average Bonchev–Trinajstić information content (AvgIpc) is 2.74. The van der Waals surface area contributed by atoms with E-state index in [4.69, 9.17) is 0 Å². The molecule has 1 aromatic carbocycles. The van der Waals surface area contributed by atoms with Crippen molar-refractivity contribution >= 4 is 46.1 Å². The van der Waals surface area contributed by atoms with E-state index >= 15 is 0 Å². The normalized spacial score (nSPS) is 14.3. The van der Waals surface area contributed by atoms with Crippen molar-refractivity contribution in [3.8, 4) is 0 Å². The predicted octanol–water partition coefficient (Wildman–Crippen LogP) is 1.58. The molecule has 0 saturated carbocycles. The summed E-state index contributed by atoms with van der Waals surface area (Å²) in [6.45, 7) is 2.54. The third-order valence-corrected chi connectivity index (χ3v) is 4.09. The van der Waals surface area contributed by atoms with E-state index in [1.54, 1.807) is 18.2 Å². The number of carbonyl (C=O) groups is 3. The van der Waals surface area contributed by atoms with Crippen LogP contribution in [0.4, 0.5) is 0 Å². The fourth-order valence-electron chi connectivity index (χ4n) is 2.14. The first-order chi connectivity index (χ1) is 10.4. The summed E-state index contributed by atoms with van der Waals surface area (Å²) in [6.07, 6.45) is 0.100. The summed E-state index contributed by atoms with van der Waals surface area (Å²) in [5, 5.41) is 5.77. The molecule has 1 atom stereocenters. The van der Waals surface area contributed by atoms with Crippen LogP contribution in [0.1, 0.15) is 34.1 Å². The van der Waals surface area contributed by atoms with Crippen molar-refractivity contribution in [3.05, 3.63) is 33.8 Å². The topological polar surface area (TPSA) is 78.5 Å². The van der Waals surface area contributed by atoms with Crippen LogP contribution < -0.4 is 10.6 Å². The number of imide groups is 1. The molecule has 0 radical (unpaired) electrons. The Labute approximate surface area is 149 Å². The van der Waals surface area contributed by atoms with Crippen LogP contribution >= 0.6 is 28.3 Å². The van der Waals surface area contributed by atoms with Gasteiger partial charge >= 0.3 is 0 Å². The van der Waals surface area contributed by atoms with Gasteiger partial charge in [0.25, 0.3) is 11.8 Å². The summed E-state index contributed by atoms with van der Waals surface area (Å²) in [4.78, 5) is 37.3. The molecule has 0 fully saturated rings. The number of rotatable bonds is 6. The lowest BCUT2D eigenvalue weighted by atomic mass is 10.1. The van der Waals surface area contributed by atoms with Gasteiger partial charge in [0.05, 0.1) is 11.1 Å². The summed E-state index contributed by atoms with van der Waals surface area (Å²) >= 11 is 3.28. The average molecular weight is 405 g/mol. The quantitative estimate of drug-likeness (QED) is 0.706. The van der Waals surface area contributed by atoms with Gasteiger partial charge in [-0.3, -0.25) is 19.3 Å². The van der Waals surface area contributed by atoms with Crippen molar-refractivity contribution in [2.75, 3.05) is 20.1 Å². The predicted molar refractivity (Wildman–Crippen MR) is 92.9 cm³/mol. The van der Waals surface area contributed by atoms with Crippen molar-refractivity contribution in [1.29, 1.82) is 0 Å². The maximum Gasteiger partial charge on any atom is 0.261 e. The molecular formula is C15H19BrClN3O3. The second-order valence-corrected chi connectivity index (χ2v) is 6.11. The van der Waals surface area contributed by atoms with E-state index in [2.05, 4.69) is 26.6 Å². The molecule has 1 heterocycles. The molecule has 2 N–H and O–H groups in total. The van der Waals surface area contributed by atoms with E-state index < -0.39 is 0 Å². The number of halogens is 2. The van der Waals surface area contributed by atoms with Crippen LogP contribution in [-0.4, -0.2) is 48.8 Å². The molecule has 0 saturated heterocycles. The van der Waals surface area contributed by atoms with Crippen LogP contribution in [0.15, 0.2) is 22.7 Å². The van der Waals surface area contributed by atoms with Crippen molar-refractivity contribution in [3.63, 3.8) is 0 Å². The Hall–Kier alpha value is -1.44. The fourth-order valence-corrected chi connectivity index (χ4v) is 2.50. The number of fused-ring (bicyclic) bond motifs is 1. The van der Waals surface area contributed by atoms with Gasteiger partial charge < -0.3 is 10.6 Å².